The van der Waals surface area contributed by atoms with Crippen molar-refractivity contribution in [3.63, 3.8) is 0 Å². The molecule has 2 heterocycles. The van der Waals surface area contributed by atoms with Crippen LogP contribution in [-0.4, -0.2) is 12.0 Å². The Morgan fingerprint density at radius 1 is 1.62 bits per heavy atom. The maximum atomic E-state index is 5.64. The lowest BCUT2D eigenvalue weighted by Crippen LogP contribution is -2.03. The Kier molecular flexibility index (Phi) is 1.90. The predicted molar refractivity (Wildman–Crippen MR) is 51.2 cm³/mol. The van der Waals surface area contributed by atoms with Gasteiger partial charge in [-0.15, -0.1) is 0 Å². The van der Waals surface area contributed by atoms with Gasteiger partial charge in [0.15, 0.2) is 11.4 Å². The number of hydrogen-bond acceptors (Lipinski definition) is 4. The van der Waals surface area contributed by atoms with Crippen molar-refractivity contribution in [2.24, 2.45) is 0 Å². The van der Waals surface area contributed by atoms with Crippen LogP contribution in [0.4, 0.5) is 5.82 Å². The molecular formula is C9H11N3O. The normalized spacial score (nSPS) is 10.8. The second-order valence-corrected chi connectivity index (χ2v) is 2.86. The fourth-order valence-electron chi connectivity index (χ4n) is 1.30. The van der Waals surface area contributed by atoms with Gasteiger partial charge in [0.05, 0.1) is 6.54 Å². The molecule has 4 heteroatoms. The van der Waals surface area contributed by atoms with Crippen molar-refractivity contribution >= 4 is 16.8 Å². The molecule has 3 N–H and O–H groups in total. The molecule has 0 fully saturated rings. The molecule has 0 amide bonds. The first-order valence-electron chi connectivity index (χ1n) is 4.09. The molecule has 0 atom stereocenters. The summed E-state index contributed by atoms with van der Waals surface area (Å²) in [5.74, 6) is 1.32. The third-order valence-corrected chi connectivity index (χ3v) is 1.86. The molecule has 0 radical (unpaired) electrons. The highest BCUT2D eigenvalue weighted by atomic mass is 16.3. The number of hydrogen-bond donors (Lipinski definition) is 2. The van der Waals surface area contributed by atoms with Gasteiger partial charge in [-0.1, -0.05) is 0 Å². The Hall–Kier alpha value is -1.55. The number of nitrogens with one attached hydrogen (secondary N) is 1. The summed E-state index contributed by atoms with van der Waals surface area (Å²) in [5.41, 5.74) is 6.31. The molecule has 2 aromatic heterocycles. The number of rotatable bonds is 2. The van der Waals surface area contributed by atoms with Crippen LogP contribution in [0, 0.1) is 0 Å². The van der Waals surface area contributed by atoms with Crippen molar-refractivity contribution in [3.8, 4) is 0 Å². The van der Waals surface area contributed by atoms with E-state index in [0.717, 1.165) is 11.1 Å². The molecular weight excluding hydrogens is 166 g/mol. The predicted octanol–water partition coefficient (Wildman–Crippen LogP) is 1.13. The Morgan fingerprint density at radius 2 is 2.46 bits per heavy atom. The van der Waals surface area contributed by atoms with E-state index in [2.05, 4.69) is 10.3 Å². The first-order chi connectivity index (χ1) is 6.31. The van der Waals surface area contributed by atoms with E-state index in [1.807, 2.05) is 19.2 Å². The van der Waals surface area contributed by atoms with Crippen LogP contribution in [0.2, 0.25) is 0 Å². The van der Waals surface area contributed by atoms with Crippen molar-refractivity contribution in [2.75, 3.05) is 12.8 Å². The number of fused-ring (bicyclic) bond motifs is 1. The first kappa shape index (κ1) is 8.07. The van der Waals surface area contributed by atoms with Gasteiger partial charge in [-0.25, -0.2) is 4.98 Å². The summed E-state index contributed by atoms with van der Waals surface area (Å²) in [6, 6.07) is 3.85. The van der Waals surface area contributed by atoms with Crippen molar-refractivity contribution < 1.29 is 4.42 Å². The van der Waals surface area contributed by atoms with Crippen LogP contribution >= 0.6 is 0 Å². The molecule has 0 spiro atoms. The summed E-state index contributed by atoms with van der Waals surface area (Å²) < 4.78 is 5.49. The third-order valence-electron chi connectivity index (χ3n) is 1.86. The first-order valence-corrected chi connectivity index (χ1v) is 4.09. The lowest BCUT2D eigenvalue weighted by Gasteiger charge is -1.92. The van der Waals surface area contributed by atoms with Crippen LogP contribution in [-0.2, 0) is 6.54 Å². The molecule has 68 valence electrons. The molecule has 13 heavy (non-hydrogen) atoms. The summed E-state index contributed by atoms with van der Waals surface area (Å²) in [5, 5.41) is 4.01. The van der Waals surface area contributed by atoms with Crippen LogP contribution in [0.5, 0.6) is 0 Å². The smallest absolute Gasteiger partial charge is 0.176 e. The Morgan fingerprint density at radius 3 is 3.15 bits per heavy atom. The Labute approximate surface area is 75.7 Å². The standard InChI is InChI=1S/C9H11N3O/c1-11-5-7-4-6-2-3-12-9(10)8(6)13-7/h2-4,11H,5H2,1H3,(H2,10,12). The van der Waals surface area contributed by atoms with E-state index in [-0.39, 0.29) is 0 Å². The minimum Gasteiger partial charge on any atom is -0.456 e. The number of nitrogen functional groups attached to an aromatic ring is 1. The zero-order valence-corrected chi connectivity index (χ0v) is 7.37. The van der Waals surface area contributed by atoms with E-state index in [1.54, 1.807) is 6.20 Å². The van der Waals surface area contributed by atoms with E-state index in [9.17, 15) is 0 Å². The minimum atomic E-state index is 0.444. The van der Waals surface area contributed by atoms with Crippen LogP contribution in [0.1, 0.15) is 5.76 Å². The molecule has 2 rings (SSSR count). The minimum absolute atomic E-state index is 0.444. The zero-order valence-electron chi connectivity index (χ0n) is 7.37. The fraction of sp³-hybridized carbons (Fsp3) is 0.222. The maximum absolute atomic E-state index is 5.64. The number of anilines is 1. The monoisotopic (exact) mass is 177 g/mol. The third kappa shape index (κ3) is 1.36. The summed E-state index contributed by atoms with van der Waals surface area (Å²) in [6.45, 7) is 0.702. The number of nitrogens with two attached hydrogens (primary N) is 1. The van der Waals surface area contributed by atoms with Crippen molar-refractivity contribution in [1.82, 2.24) is 10.3 Å². The van der Waals surface area contributed by atoms with Crippen LogP contribution in [0.15, 0.2) is 22.7 Å². The fourth-order valence-corrected chi connectivity index (χ4v) is 1.30. The lowest BCUT2D eigenvalue weighted by atomic mass is 10.3. The van der Waals surface area contributed by atoms with Gasteiger partial charge in [-0.05, 0) is 19.2 Å². The molecule has 2 aromatic rings. The molecule has 0 bridgehead atoms. The lowest BCUT2D eigenvalue weighted by molar-refractivity contribution is 0.531. The van der Waals surface area contributed by atoms with Gasteiger partial charge in [0.25, 0.3) is 0 Å². The average Bonchev–Trinajstić information content (AvgIpc) is 2.49. The number of pyridine rings is 1. The maximum Gasteiger partial charge on any atom is 0.176 e. The number of aromatic nitrogens is 1. The summed E-state index contributed by atoms with van der Waals surface area (Å²) in [7, 11) is 1.87. The van der Waals surface area contributed by atoms with Gasteiger partial charge in [-0.3, -0.25) is 0 Å². The summed E-state index contributed by atoms with van der Waals surface area (Å²) in [4.78, 5) is 3.94. The van der Waals surface area contributed by atoms with Gasteiger partial charge in [0, 0.05) is 11.6 Å². The van der Waals surface area contributed by atoms with Gasteiger partial charge >= 0.3 is 0 Å². The molecule has 0 aliphatic rings. The quantitative estimate of drug-likeness (QED) is 0.721. The van der Waals surface area contributed by atoms with Crippen LogP contribution < -0.4 is 11.1 Å². The highest BCUT2D eigenvalue weighted by molar-refractivity contribution is 5.85. The van der Waals surface area contributed by atoms with E-state index in [4.69, 9.17) is 10.2 Å². The molecule has 0 aromatic carbocycles. The molecule has 0 aliphatic carbocycles. The highest BCUT2D eigenvalue weighted by Crippen LogP contribution is 2.22. The molecule has 0 saturated carbocycles. The van der Waals surface area contributed by atoms with Crippen molar-refractivity contribution in [1.29, 1.82) is 0 Å². The molecule has 4 nitrogen and oxygen atoms in total. The second-order valence-electron chi connectivity index (χ2n) is 2.86. The SMILES string of the molecule is CNCc1cc2ccnc(N)c2o1. The summed E-state index contributed by atoms with van der Waals surface area (Å²) in [6.07, 6.45) is 1.68. The van der Waals surface area contributed by atoms with Crippen molar-refractivity contribution in [3.05, 3.63) is 24.1 Å². The van der Waals surface area contributed by atoms with E-state index in [0.29, 0.717) is 17.9 Å². The molecule has 0 saturated heterocycles. The topological polar surface area (TPSA) is 64.1 Å². The Bertz CT molecular complexity index is 422. The van der Waals surface area contributed by atoms with Gasteiger partial charge in [0.2, 0.25) is 0 Å². The number of furan rings is 1. The largest absolute Gasteiger partial charge is 0.456 e. The van der Waals surface area contributed by atoms with Crippen molar-refractivity contribution in [2.45, 2.75) is 6.54 Å². The Balaban J connectivity index is 2.55. The highest BCUT2D eigenvalue weighted by Gasteiger charge is 2.05. The second kappa shape index (κ2) is 3.06. The summed E-state index contributed by atoms with van der Waals surface area (Å²) >= 11 is 0. The van der Waals surface area contributed by atoms with E-state index in [1.165, 1.54) is 0 Å². The van der Waals surface area contributed by atoms with Gasteiger partial charge in [0.1, 0.15) is 5.76 Å². The van der Waals surface area contributed by atoms with E-state index < -0.39 is 0 Å². The zero-order chi connectivity index (χ0) is 9.26. The molecule has 0 aliphatic heterocycles. The van der Waals surface area contributed by atoms with Crippen LogP contribution in [0.25, 0.3) is 11.0 Å². The van der Waals surface area contributed by atoms with E-state index >= 15 is 0 Å². The number of nitrogens with zero attached hydrogens (tertiary/aromatic N) is 1. The average molecular weight is 177 g/mol. The molecule has 0 unspecified atom stereocenters. The van der Waals surface area contributed by atoms with Gasteiger partial charge in [-0.2, -0.15) is 0 Å². The van der Waals surface area contributed by atoms with Gasteiger partial charge < -0.3 is 15.5 Å². The van der Waals surface area contributed by atoms with Crippen LogP contribution in [0.3, 0.4) is 0 Å².